The first-order valence-corrected chi connectivity index (χ1v) is 10.4. The summed E-state index contributed by atoms with van der Waals surface area (Å²) >= 11 is 0. The molecular weight excluding hydrogens is 332 g/mol. The van der Waals surface area contributed by atoms with Crippen LogP contribution in [-0.2, 0) is 16.3 Å². The highest BCUT2D eigenvalue weighted by atomic mass is 32.2. The second-order valence-corrected chi connectivity index (χ2v) is 9.23. The van der Waals surface area contributed by atoms with Crippen LogP contribution in [0.25, 0.3) is 0 Å². The lowest BCUT2D eigenvalue weighted by Gasteiger charge is -2.14. The van der Waals surface area contributed by atoms with Crippen molar-refractivity contribution < 1.29 is 8.42 Å². The van der Waals surface area contributed by atoms with Gasteiger partial charge in [-0.2, -0.15) is 0 Å². The molecule has 0 amide bonds. The van der Waals surface area contributed by atoms with Crippen molar-refractivity contribution >= 4 is 15.5 Å². The van der Waals surface area contributed by atoms with E-state index in [1.165, 1.54) is 5.56 Å². The lowest BCUT2D eigenvalue weighted by atomic mass is 9.94. The van der Waals surface area contributed by atoms with Crippen LogP contribution in [0.4, 0.5) is 5.69 Å². The molecule has 2 heterocycles. The predicted octanol–water partition coefficient (Wildman–Crippen LogP) is 3.26. The maximum atomic E-state index is 13.1. The van der Waals surface area contributed by atoms with Crippen LogP contribution >= 0.6 is 0 Å². The van der Waals surface area contributed by atoms with Crippen LogP contribution in [0.1, 0.15) is 36.0 Å². The van der Waals surface area contributed by atoms with E-state index in [4.69, 9.17) is 0 Å². The van der Waals surface area contributed by atoms with Gasteiger partial charge in [-0.15, -0.1) is 0 Å². The van der Waals surface area contributed by atoms with Gasteiger partial charge >= 0.3 is 0 Å². The Hall–Kier alpha value is -1.85. The zero-order valence-corrected chi connectivity index (χ0v) is 15.5. The van der Waals surface area contributed by atoms with Crippen molar-refractivity contribution in [2.24, 2.45) is 0 Å². The maximum absolute atomic E-state index is 13.1. The van der Waals surface area contributed by atoms with Gasteiger partial charge in [0.1, 0.15) is 0 Å². The fraction of sp³-hybridized carbons (Fsp3) is 0.400. The van der Waals surface area contributed by atoms with Crippen LogP contribution in [0.3, 0.4) is 0 Å². The third-order valence-corrected chi connectivity index (χ3v) is 7.12. The van der Waals surface area contributed by atoms with Crippen LogP contribution in [0, 0.1) is 6.92 Å². The first-order chi connectivity index (χ1) is 11.9. The van der Waals surface area contributed by atoms with Gasteiger partial charge in [0.25, 0.3) is 0 Å². The van der Waals surface area contributed by atoms with Gasteiger partial charge in [-0.3, -0.25) is 0 Å². The standard InChI is InChI=1S/C20H24N2O2S/c1-13-9-17(3-5-19(13)15-7-8-21-12-15)25(23,24)18-4-6-20-16(11-18)10-14(2)22-20/h3-6,9,11,14-15,21-22H,7-8,10,12H2,1-2H3. The average Bonchev–Trinajstić information content (AvgIpc) is 3.22. The average molecular weight is 356 g/mol. The molecule has 4 nitrogen and oxygen atoms in total. The maximum Gasteiger partial charge on any atom is 0.206 e. The molecule has 5 heteroatoms. The largest absolute Gasteiger partial charge is 0.382 e. The molecule has 25 heavy (non-hydrogen) atoms. The Bertz CT molecular complexity index is 915. The Balaban J connectivity index is 1.69. The number of rotatable bonds is 3. The highest BCUT2D eigenvalue weighted by molar-refractivity contribution is 7.91. The Morgan fingerprint density at radius 2 is 1.84 bits per heavy atom. The number of anilines is 1. The van der Waals surface area contributed by atoms with Crippen LogP contribution in [0.5, 0.6) is 0 Å². The number of nitrogens with one attached hydrogen (secondary N) is 2. The van der Waals surface area contributed by atoms with Gasteiger partial charge in [-0.05, 0) is 86.2 Å². The number of fused-ring (bicyclic) bond motifs is 1. The molecule has 0 aromatic heterocycles. The Morgan fingerprint density at radius 1 is 1.08 bits per heavy atom. The highest BCUT2D eigenvalue weighted by Crippen LogP contribution is 2.32. The van der Waals surface area contributed by atoms with Gasteiger partial charge in [0.2, 0.25) is 9.84 Å². The topological polar surface area (TPSA) is 58.2 Å². The van der Waals surface area contributed by atoms with E-state index in [1.54, 1.807) is 12.1 Å². The summed E-state index contributed by atoms with van der Waals surface area (Å²) in [5.74, 6) is 0.490. The number of hydrogen-bond acceptors (Lipinski definition) is 4. The van der Waals surface area contributed by atoms with Gasteiger partial charge in [-0.25, -0.2) is 8.42 Å². The first kappa shape index (κ1) is 16.6. The van der Waals surface area contributed by atoms with E-state index < -0.39 is 9.84 Å². The van der Waals surface area contributed by atoms with Gasteiger partial charge in [0, 0.05) is 18.3 Å². The molecule has 2 atom stereocenters. The first-order valence-electron chi connectivity index (χ1n) is 8.91. The summed E-state index contributed by atoms with van der Waals surface area (Å²) in [6.45, 7) is 6.13. The van der Waals surface area contributed by atoms with Gasteiger partial charge in [0.05, 0.1) is 9.79 Å². The highest BCUT2D eigenvalue weighted by Gasteiger charge is 2.24. The van der Waals surface area contributed by atoms with E-state index >= 15 is 0 Å². The number of sulfone groups is 1. The Labute approximate surface area is 149 Å². The summed E-state index contributed by atoms with van der Waals surface area (Å²) < 4.78 is 26.1. The van der Waals surface area contributed by atoms with E-state index in [9.17, 15) is 8.42 Å². The van der Waals surface area contributed by atoms with E-state index in [-0.39, 0.29) is 0 Å². The second kappa shape index (κ2) is 6.15. The van der Waals surface area contributed by atoms with Gasteiger partial charge < -0.3 is 10.6 Å². The number of aryl methyl sites for hydroxylation is 1. The van der Waals surface area contributed by atoms with Gasteiger partial charge in [-0.1, -0.05) is 6.07 Å². The molecule has 0 spiro atoms. The molecule has 0 aliphatic carbocycles. The molecule has 132 valence electrons. The molecule has 0 radical (unpaired) electrons. The minimum atomic E-state index is -3.48. The molecular formula is C20H24N2O2S. The van der Waals surface area contributed by atoms with Crippen LogP contribution in [0.15, 0.2) is 46.2 Å². The van der Waals surface area contributed by atoms with Crippen molar-refractivity contribution in [1.29, 1.82) is 0 Å². The smallest absolute Gasteiger partial charge is 0.206 e. The molecule has 0 saturated carbocycles. The zero-order chi connectivity index (χ0) is 17.6. The molecule has 2 aliphatic rings. The minimum Gasteiger partial charge on any atom is -0.382 e. The monoisotopic (exact) mass is 356 g/mol. The normalized spacial score (nSPS) is 22.6. The molecule has 1 fully saturated rings. The lowest BCUT2D eigenvalue weighted by Crippen LogP contribution is -2.09. The number of benzene rings is 2. The molecule has 2 N–H and O–H groups in total. The van der Waals surface area contributed by atoms with Crippen LogP contribution in [0.2, 0.25) is 0 Å². The summed E-state index contributed by atoms with van der Waals surface area (Å²) in [5.41, 5.74) is 4.45. The van der Waals surface area contributed by atoms with Crippen molar-refractivity contribution in [2.45, 2.75) is 48.4 Å². The second-order valence-electron chi connectivity index (χ2n) is 7.28. The van der Waals surface area contributed by atoms with Gasteiger partial charge in [0.15, 0.2) is 0 Å². The molecule has 2 aromatic rings. The fourth-order valence-corrected chi connectivity index (χ4v) is 5.42. The fourth-order valence-electron chi connectivity index (χ4n) is 4.02. The summed E-state index contributed by atoms with van der Waals surface area (Å²) in [6.07, 6.45) is 1.98. The Morgan fingerprint density at radius 3 is 2.56 bits per heavy atom. The van der Waals surface area contributed by atoms with E-state index in [0.717, 1.165) is 42.7 Å². The van der Waals surface area contributed by atoms with E-state index in [0.29, 0.717) is 21.8 Å². The molecule has 2 unspecified atom stereocenters. The third kappa shape index (κ3) is 2.96. The Kier molecular flexibility index (Phi) is 4.08. The molecule has 0 bridgehead atoms. The van der Waals surface area contributed by atoms with Crippen molar-refractivity contribution in [2.75, 3.05) is 18.4 Å². The molecule has 4 rings (SSSR count). The lowest BCUT2D eigenvalue weighted by molar-refractivity contribution is 0.595. The molecule has 2 aliphatic heterocycles. The zero-order valence-electron chi connectivity index (χ0n) is 14.7. The number of hydrogen-bond donors (Lipinski definition) is 2. The van der Waals surface area contributed by atoms with Crippen LogP contribution < -0.4 is 10.6 Å². The summed E-state index contributed by atoms with van der Waals surface area (Å²) in [5, 5.41) is 6.73. The third-order valence-electron chi connectivity index (χ3n) is 5.37. The summed E-state index contributed by atoms with van der Waals surface area (Å²) in [6, 6.07) is 11.4. The van der Waals surface area contributed by atoms with E-state index in [2.05, 4.69) is 17.6 Å². The summed E-state index contributed by atoms with van der Waals surface area (Å²) in [7, 11) is -3.48. The van der Waals surface area contributed by atoms with E-state index in [1.807, 2.05) is 31.2 Å². The molecule has 2 aromatic carbocycles. The van der Waals surface area contributed by atoms with Crippen molar-refractivity contribution in [3.8, 4) is 0 Å². The SMILES string of the molecule is Cc1cc(S(=O)(=O)c2ccc3c(c2)CC(C)N3)ccc1C1CCNC1. The van der Waals surface area contributed by atoms with Crippen molar-refractivity contribution in [3.05, 3.63) is 53.1 Å². The molecule has 1 saturated heterocycles. The minimum absolute atomic E-state index is 0.356. The van der Waals surface area contributed by atoms with Crippen molar-refractivity contribution in [3.63, 3.8) is 0 Å². The van der Waals surface area contributed by atoms with Crippen LogP contribution in [-0.4, -0.2) is 27.5 Å². The predicted molar refractivity (Wildman–Crippen MR) is 100 cm³/mol. The van der Waals surface area contributed by atoms with Crippen molar-refractivity contribution in [1.82, 2.24) is 5.32 Å². The quantitative estimate of drug-likeness (QED) is 0.886. The summed E-state index contributed by atoms with van der Waals surface area (Å²) in [4.78, 5) is 0.774.